The average Bonchev–Trinajstić information content (AvgIpc) is 2.28. The monoisotopic (exact) mass is 238 g/mol. The number of carbonyl (C=O) groups is 1. The highest BCUT2D eigenvalue weighted by molar-refractivity contribution is 5.95. The molecule has 94 valence electrons. The fraction of sp³-hybridized carbons (Fsp3) is 0.545. The molecule has 0 saturated heterocycles. The number of nitrogens with two attached hydrogens (primary N) is 1. The number of carbonyl (C=O) groups excluding carboxylic acids is 1. The second-order valence-electron chi connectivity index (χ2n) is 3.82. The van der Waals surface area contributed by atoms with Crippen LogP contribution < -0.4 is 11.1 Å². The molecular weight excluding hydrogens is 220 g/mol. The van der Waals surface area contributed by atoms with Crippen LogP contribution in [-0.2, 0) is 4.74 Å². The summed E-state index contributed by atoms with van der Waals surface area (Å²) in [4.78, 5) is 18.9. The van der Waals surface area contributed by atoms with E-state index in [4.69, 9.17) is 10.5 Å². The summed E-state index contributed by atoms with van der Waals surface area (Å²) in [5.41, 5.74) is 5.34. The number of anilines is 1. The van der Waals surface area contributed by atoms with Crippen LogP contribution in [-0.4, -0.2) is 35.1 Å². The van der Waals surface area contributed by atoms with Gasteiger partial charge in [0.05, 0.1) is 6.10 Å². The van der Waals surface area contributed by atoms with E-state index in [9.17, 15) is 4.79 Å². The number of rotatable bonds is 7. The average molecular weight is 238 g/mol. The molecule has 1 amide bonds. The molecule has 0 fully saturated rings. The summed E-state index contributed by atoms with van der Waals surface area (Å²) in [6, 6.07) is 0. The Balaban J connectivity index is 2.39. The van der Waals surface area contributed by atoms with E-state index in [1.807, 2.05) is 13.8 Å². The number of hydrogen-bond donors (Lipinski definition) is 2. The molecule has 0 aromatic carbocycles. The van der Waals surface area contributed by atoms with Crippen LogP contribution in [0.1, 0.15) is 30.8 Å². The van der Waals surface area contributed by atoms with Gasteiger partial charge in [-0.25, -0.2) is 9.97 Å². The van der Waals surface area contributed by atoms with Gasteiger partial charge in [-0.1, -0.05) is 0 Å². The number of nitrogens with zero attached hydrogens (tertiary/aromatic N) is 2. The highest BCUT2D eigenvalue weighted by atomic mass is 16.5. The molecule has 0 aliphatic heterocycles. The molecule has 0 aliphatic carbocycles. The van der Waals surface area contributed by atoms with Gasteiger partial charge in [-0.05, 0) is 20.3 Å². The summed E-state index contributed by atoms with van der Waals surface area (Å²) in [5, 5.41) is 3.01. The SMILES string of the molecule is CC(C)OCCCNc1nccnc1C(N)=O. The summed E-state index contributed by atoms with van der Waals surface area (Å²) in [6.07, 6.45) is 4.01. The van der Waals surface area contributed by atoms with Crippen LogP contribution >= 0.6 is 0 Å². The van der Waals surface area contributed by atoms with Crippen molar-refractivity contribution in [2.24, 2.45) is 5.73 Å². The summed E-state index contributed by atoms with van der Waals surface area (Å²) < 4.78 is 5.39. The number of hydrogen-bond acceptors (Lipinski definition) is 5. The lowest BCUT2D eigenvalue weighted by molar-refractivity contribution is 0.0787. The van der Waals surface area contributed by atoms with Gasteiger partial charge in [0.1, 0.15) is 0 Å². The third-order valence-electron chi connectivity index (χ3n) is 2.00. The largest absolute Gasteiger partial charge is 0.379 e. The minimum Gasteiger partial charge on any atom is -0.379 e. The van der Waals surface area contributed by atoms with E-state index < -0.39 is 5.91 Å². The maximum Gasteiger partial charge on any atom is 0.271 e. The Bertz CT molecular complexity index is 368. The van der Waals surface area contributed by atoms with Crippen LogP contribution in [0.25, 0.3) is 0 Å². The molecule has 0 unspecified atom stereocenters. The quantitative estimate of drug-likeness (QED) is 0.686. The van der Waals surface area contributed by atoms with E-state index in [1.54, 1.807) is 0 Å². The summed E-state index contributed by atoms with van der Waals surface area (Å²) in [6.45, 7) is 5.30. The Morgan fingerprint density at radius 3 is 2.82 bits per heavy atom. The van der Waals surface area contributed by atoms with Crippen molar-refractivity contribution >= 4 is 11.7 Å². The van der Waals surface area contributed by atoms with Gasteiger partial charge in [0.25, 0.3) is 5.91 Å². The van der Waals surface area contributed by atoms with E-state index >= 15 is 0 Å². The smallest absolute Gasteiger partial charge is 0.271 e. The van der Waals surface area contributed by atoms with E-state index in [0.717, 1.165) is 6.42 Å². The Kier molecular flexibility index (Phi) is 5.35. The molecule has 0 radical (unpaired) electrons. The Morgan fingerprint density at radius 2 is 2.18 bits per heavy atom. The van der Waals surface area contributed by atoms with E-state index in [2.05, 4.69) is 15.3 Å². The first-order valence-corrected chi connectivity index (χ1v) is 5.57. The maximum atomic E-state index is 11.1. The van der Waals surface area contributed by atoms with Crippen molar-refractivity contribution in [3.63, 3.8) is 0 Å². The van der Waals surface area contributed by atoms with E-state index in [-0.39, 0.29) is 11.8 Å². The molecule has 0 spiro atoms. The maximum absolute atomic E-state index is 11.1. The van der Waals surface area contributed by atoms with Crippen molar-refractivity contribution in [3.05, 3.63) is 18.1 Å². The minimum atomic E-state index is -0.584. The number of amides is 1. The van der Waals surface area contributed by atoms with Crippen molar-refractivity contribution in [3.8, 4) is 0 Å². The number of nitrogens with one attached hydrogen (secondary N) is 1. The van der Waals surface area contributed by atoms with Gasteiger partial charge in [0.2, 0.25) is 0 Å². The Morgan fingerprint density at radius 1 is 1.47 bits per heavy atom. The number of ether oxygens (including phenoxy) is 1. The number of primary amides is 1. The van der Waals surface area contributed by atoms with Gasteiger partial charge in [0, 0.05) is 25.5 Å². The van der Waals surface area contributed by atoms with Crippen molar-refractivity contribution in [2.45, 2.75) is 26.4 Å². The predicted octanol–water partition coefficient (Wildman–Crippen LogP) is 0.802. The van der Waals surface area contributed by atoms with E-state index in [1.165, 1.54) is 12.4 Å². The van der Waals surface area contributed by atoms with Gasteiger partial charge >= 0.3 is 0 Å². The molecule has 1 rings (SSSR count). The lowest BCUT2D eigenvalue weighted by Gasteiger charge is -2.09. The van der Waals surface area contributed by atoms with Gasteiger partial charge < -0.3 is 15.8 Å². The van der Waals surface area contributed by atoms with E-state index in [0.29, 0.717) is 19.0 Å². The predicted molar refractivity (Wildman–Crippen MR) is 64.7 cm³/mol. The standard InChI is InChI=1S/C11H18N4O2/c1-8(2)17-7-3-4-14-11-9(10(12)16)13-5-6-15-11/h5-6,8H,3-4,7H2,1-2H3,(H2,12,16)(H,14,15). The molecule has 1 aromatic rings. The zero-order valence-electron chi connectivity index (χ0n) is 10.1. The molecule has 6 nitrogen and oxygen atoms in total. The summed E-state index contributed by atoms with van der Waals surface area (Å²) >= 11 is 0. The molecule has 6 heteroatoms. The third kappa shape index (κ3) is 4.78. The van der Waals surface area contributed by atoms with Crippen LogP contribution in [0.4, 0.5) is 5.82 Å². The van der Waals surface area contributed by atoms with Gasteiger partial charge in [0.15, 0.2) is 11.5 Å². The fourth-order valence-electron chi connectivity index (χ4n) is 1.25. The molecule has 17 heavy (non-hydrogen) atoms. The molecule has 0 aliphatic rings. The topological polar surface area (TPSA) is 90.1 Å². The normalized spacial score (nSPS) is 10.5. The molecule has 3 N–H and O–H groups in total. The summed E-state index contributed by atoms with van der Waals surface area (Å²) in [7, 11) is 0. The molecule has 1 heterocycles. The lowest BCUT2D eigenvalue weighted by atomic mass is 10.3. The minimum absolute atomic E-state index is 0.164. The fourth-order valence-corrected chi connectivity index (χ4v) is 1.25. The van der Waals surface area contributed by atoms with Crippen molar-refractivity contribution in [1.29, 1.82) is 0 Å². The first-order chi connectivity index (χ1) is 8.11. The van der Waals surface area contributed by atoms with Gasteiger partial charge in [-0.3, -0.25) is 4.79 Å². The van der Waals surface area contributed by atoms with Crippen LogP contribution in [0, 0.1) is 0 Å². The van der Waals surface area contributed by atoms with Crippen LogP contribution in [0.2, 0.25) is 0 Å². The highest BCUT2D eigenvalue weighted by Crippen LogP contribution is 2.06. The highest BCUT2D eigenvalue weighted by Gasteiger charge is 2.09. The summed E-state index contributed by atoms with van der Waals surface area (Å²) in [5.74, 6) is -0.163. The van der Waals surface area contributed by atoms with Gasteiger partial charge in [-0.15, -0.1) is 0 Å². The first-order valence-electron chi connectivity index (χ1n) is 5.57. The number of aromatic nitrogens is 2. The second-order valence-corrected chi connectivity index (χ2v) is 3.82. The zero-order chi connectivity index (χ0) is 12.7. The van der Waals surface area contributed by atoms with Crippen molar-refractivity contribution in [2.75, 3.05) is 18.5 Å². The molecule has 1 aromatic heterocycles. The van der Waals surface area contributed by atoms with Crippen molar-refractivity contribution in [1.82, 2.24) is 9.97 Å². The molecule has 0 atom stereocenters. The molecular formula is C11H18N4O2. The molecule has 0 saturated carbocycles. The Hall–Kier alpha value is -1.69. The van der Waals surface area contributed by atoms with Crippen LogP contribution in [0.3, 0.4) is 0 Å². The second kappa shape index (κ2) is 6.80. The van der Waals surface area contributed by atoms with Crippen LogP contribution in [0.5, 0.6) is 0 Å². The zero-order valence-corrected chi connectivity index (χ0v) is 10.1. The lowest BCUT2D eigenvalue weighted by Crippen LogP contribution is -2.18. The van der Waals surface area contributed by atoms with Gasteiger partial charge in [-0.2, -0.15) is 0 Å². The third-order valence-corrected chi connectivity index (χ3v) is 2.00. The van der Waals surface area contributed by atoms with Crippen molar-refractivity contribution < 1.29 is 9.53 Å². The first kappa shape index (κ1) is 13.4. The molecule has 0 bridgehead atoms. The Labute approximate surface area is 101 Å². The van der Waals surface area contributed by atoms with Crippen LogP contribution in [0.15, 0.2) is 12.4 Å².